The van der Waals surface area contributed by atoms with Crippen molar-refractivity contribution in [2.75, 3.05) is 0 Å². The maximum atomic E-state index is 6.34. The number of benzene rings is 1. The summed E-state index contributed by atoms with van der Waals surface area (Å²) in [6, 6.07) is 5.81. The molecule has 1 unspecified atom stereocenters. The molecule has 0 fully saturated rings. The third-order valence-electron chi connectivity index (χ3n) is 3.00. The molecule has 18 heavy (non-hydrogen) atoms. The Kier molecular flexibility index (Phi) is 4.10. The summed E-state index contributed by atoms with van der Waals surface area (Å²) in [5.74, 6) is 0. The lowest BCUT2D eigenvalue weighted by Gasteiger charge is -2.17. The lowest BCUT2D eigenvalue weighted by Crippen LogP contribution is -2.18. The average Bonchev–Trinajstić information content (AvgIpc) is 2.72. The third-order valence-corrected chi connectivity index (χ3v) is 3.79. The van der Waals surface area contributed by atoms with Crippen molar-refractivity contribution >= 4 is 27.5 Å². The van der Waals surface area contributed by atoms with Gasteiger partial charge in [0, 0.05) is 11.0 Å². The molecule has 2 rings (SSSR count). The molecule has 5 heteroatoms. The predicted molar refractivity (Wildman–Crippen MR) is 77.8 cm³/mol. The molecule has 0 spiro atoms. The summed E-state index contributed by atoms with van der Waals surface area (Å²) in [6.07, 6.45) is 1.65. The maximum Gasteiger partial charge on any atom is 0.0837 e. The fraction of sp³-hybridized carbons (Fsp3) is 0.308. The molecular weight excluding hydrogens is 314 g/mol. The van der Waals surface area contributed by atoms with Crippen LogP contribution >= 0.6 is 27.5 Å². The Morgan fingerprint density at radius 1 is 1.50 bits per heavy atom. The highest BCUT2D eigenvalue weighted by molar-refractivity contribution is 9.10. The third kappa shape index (κ3) is 2.46. The minimum absolute atomic E-state index is 0.266. The van der Waals surface area contributed by atoms with E-state index in [1.54, 1.807) is 6.20 Å². The van der Waals surface area contributed by atoms with Gasteiger partial charge in [0.25, 0.3) is 0 Å². The van der Waals surface area contributed by atoms with Crippen molar-refractivity contribution in [2.24, 2.45) is 5.73 Å². The topological polar surface area (TPSA) is 43.8 Å². The number of rotatable bonds is 3. The summed E-state index contributed by atoms with van der Waals surface area (Å²) in [5, 5.41) is 4.84. The first-order chi connectivity index (χ1) is 8.54. The van der Waals surface area contributed by atoms with Gasteiger partial charge in [-0.25, -0.2) is 0 Å². The van der Waals surface area contributed by atoms with E-state index in [1.807, 2.05) is 36.7 Å². The highest BCUT2D eigenvalue weighted by Gasteiger charge is 2.19. The van der Waals surface area contributed by atoms with Crippen LogP contribution in [0.5, 0.6) is 0 Å². The molecule has 0 aliphatic heterocycles. The van der Waals surface area contributed by atoms with Crippen molar-refractivity contribution in [2.45, 2.75) is 26.4 Å². The Balaban J connectivity index is 2.50. The van der Waals surface area contributed by atoms with Crippen LogP contribution in [0, 0.1) is 6.92 Å². The number of hydrogen-bond acceptors (Lipinski definition) is 2. The first-order valence-corrected chi connectivity index (χ1v) is 6.94. The van der Waals surface area contributed by atoms with Gasteiger partial charge in [0.1, 0.15) is 0 Å². The van der Waals surface area contributed by atoms with Crippen molar-refractivity contribution in [1.29, 1.82) is 0 Å². The quantitative estimate of drug-likeness (QED) is 0.934. The Labute approximate surface area is 120 Å². The highest BCUT2D eigenvalue weighted by atomic mass is 79.9. The standard InChI is InChI=1S/C13H15BrClN3/c1-3-18-13(11(15)7-17-18)12(16)10-6-9(14)5-4-8(10)2/h4-7,12H,3,16H2,1-2H3. The van der Waals surface area contributed by atoms with Crippen molar-refractivity contribution in [1.82, 2.24) is 9.78 Å². The zero-order valence-corrected chi connectivity index (χ0v) is 12.7. The molecule has 0 aliphatic rings. The Hall–Kier alpha value is -0.840. The zero-order chi connectivity index (χ0) is 13.3. The molecule has 1 aromatic heterocycles. The van der Waals surface area contributed by atoms with Crippen LogP contribution in [0.25, 0.3) is 0 Å². The second-order valence-corrected chi connectivity index (χ2v) is 5.49. The first kappa shape index (κ1) is 13.6. The van der Waals surface area contributed by atoms with Gasteiger partial charge in [0.05, 0.1) is 23.0 Å². The van der Waals surface area contributed by atoms with Gasteiger partial charge in [-0.05, 0) is 37.1 Å². The molecule has 0 radical (unpaired) electrons. The van der Waals surface area contributed by atoms with Gasteiger partial charge in [0.2, 0.25) is 0 Å². The summed E-state index contributed by atoms with van der Waals surface area (Å²) < 4.78 is 2.85. The fourth-order valence-electron chi connectivity index (χ4n) is 2.03. The van der Waals surface area contributed by atoms with Crippen molar-refractivity contribution in [3.8, 4) is 0 Å². The Morgan fingerprint density at radius 3 is 2.89 bits per heavy atom. The number of hydrogen-bond donors (Lipinski definition) is 1. The molecule has 0 aliphatic carbocycles. The van der Waals surface area contributed by atoms with E-state index < -0.39 is 0 Å². The number of nitrogens with zero attached hydrogens (tertiary/aromatic N) is 2. The van der Waals surface area contributed by atoms with Gasteiger partial charge >= 0.3 is 0 Å². The molecule has 1 aromatic carbocycles. The van der Waals surface area contributed by atoms with Crippen LogP contribution in [0.15, 0.2) is 28.9 Å². The van der Waals surface area contributed by atoms with Crippen LogP contribution in [-0.4, -0.2) is 9.78 Å². The molecule has 0 bridgehead atoms. The lowest BCUT2D eigenvalue weighted by atomic mass is 9.99. The molecule has 1 atom stereocenters. The van der Waals surface area contributed by atoms with Crippen molar-refractivity contribution in [3.05, 3.63) is 50.7 Å². The minimum atomic E-state index is -0.266. The Morgan fingerprint density at radius 2 is 2.22 bits per heavy atom. The molecule has 2 aromatic rings. The second-order valence-electron chi connectivity index (χ2n) is 4.17. The summed E-state index contributed by atoms with van der Waals surface area (Å²) >= 11 is 9.66. The largest absolute Gasteiger partial charge is 0.319 e. The second kappa shape index (κ2) is 5.43. The number of nitrogens with two attached hydrogens (primary N) is 1. The van der Waals surface area contributed by atoms with Crippen LogP contribution in [0.3, 0.4) is 0 Å². The highest BCUT2D eigenvalue weighted by Crippen LogP contribution is 2.29. The van der Waals surface area contributed by atoms with E-state index in [0.29, 0.717) is 5.02 Å². The van der Waals surface area contributed by atoms with E-state index in [-0.39, 0.29) is 6.04 Å². The van der Waals surface area contributed by atoms with Crippen LogP contribution in [-0.2, 0) is 6.54 Å². The molecule has 96 valence electrons. The van der Waals surface area contributed by atoms with E-state index in [9.17, 15) is 0 Å². The van der Waals surface area contributed by atoms with Gasteiger partial charge < -0.3 is 5.73 Å². The molecule has 1 heterocycles. The summed E-state index contributed by atoms with van der Waals surface area (Å²) in [5.41, 5.74) is 9.40. The van der Waals surface area contributed by atoms with Crippen LogP contribution < -0.4 is 5.73 Å². The van der Waals surface area contributed by atoms with E-state index in [1.165, 1.54) is 0 Å². The van der Waals surface area contributed by atoms with Gasteiger partial charge in [0.15, 0.2) is 0 Å². The van der Waals surface area contributed by atoms with E-state index >= 15 is 0 Å². The summed E-state index contributed by atoms with van der Waals surface area (Å²) in [4.78, 5) is 0. The average molecular weight is 329 g/mol. The molecule has 0 amide bonds. The van der Waals surface area contributed by atoms with Crippen LogP contribution in [0.2, 0.25) is 5.02 Å². The van der Waals surface area contributed by atoms with Gasteiger partial charge in [-0.15, -0.1) is 0 Å². The monoisotopic (exact) mass is 327 g/mol. The first-order valence-electron chi connectivity index (χ1n) is 5.77. The number of halogens is 2. The summed E-state index contributed by atoms with van der Waals surface area (Å²) in [6.45, 7) is 4.82. The fourth-order valence-corrected chi connectivity index (χ4v) is 2.66. The SMILES string of the molecule is CCn1ncc(Cl)c1C(N)c1cc(Br)ccc1C. The van der Waals surface area contributed by atoms with Crippen molar-refractivity contribution < 1.29 is 0 Å². The maximum absolute atomic E-state index is 6.34. The van der Waals surface area contributed by atoms with Gasteiger partial charge in [-0.3, -0.25) is 4.68 Å². The molecule has 0 saturated heterocycles. The lowest BCUT2D eigenvalue weighted by molar-refractivity contribution is 0.600. The normalized spacial score (nSPS) is 12.7. The van der Waals surface area contributed by atoms with Crippen LogP contribution in [0.1, 0.15) is 29.8 Å². The van der Waals surface area contributed by atoms with Gasteiger partial charge in [-0.2, -0.15) is 5.10 Å². The van der Waals surface area contributed by atoms with Gasteiger partial charge in [-0.1, -0.05) is 33.6 Å². The molecular formula is C13H15BrClN3. The Bertz CT molecular complexity index is 565. The zero-order valence-electron chi connectivity index (χ0n) is 10.3. The van der Waals surface area contributed by atoms with E-state index in [2.05, 4.69) is 21.0 Å². The smallest absolute Gasteiger partial charge is 0.0837 e. The van der Waals surface area contributed by atoms with Crippen molar-refractivity contribution in [3.63, 3.8) is 0 Å². The molecule has 3 nitrogen and oxygen atoms in total. The van der Waals surface area contributed by atoms with Crippen LogP contribution in [0.4, 0.5) is 0 Å². The molecule has 0 saturated carbocycles. The van der Waals surface area contributed by atoms with E-state index in [4.69, 9.17) is 17.3 Å². The predicted octanol–water partition coefficient (Wildman–Crippen LogP) is 3.68. The molecule has 2 N–H and O–H groups in total. The number of aryl methyl sites for hydroxylation is 2. The number of aromatic nitrogens is 2. The minimum Gasteiger partial charge on any atom is -0.319 e. The van der Waals surface area contributed by atoms with E-state index in [0.717, 1.165) is 27.8 Å². The summed E-state index contributed by atoms with van der Waals surface area (Å²) in [7, 11) is 0.